The highest BCUT2D eigenvalue weighted by atomic mass is 19.1. The maximum absolute atomic E-state index is 12.5. The average molecular weight is 241 g/mol. The van der Waals surface area contributed by atoms with Crippen LogP contribution in [-0.4, -0.2) is 29.6 Å². The molecular formula is C11H12FNO4. The largest absolute Gasteiger partial charge is 0.484 e. The Bertz CT molecular complexity index is 404. The molecule has 17 heavy (non-hydrogen) atoms. The molecule has 1 aromatic carbocycles. The van der Waals surface area contributed by atoms with Crippen LogP contribution in [0.3, 0.4) is 0 Å². The van der Waals surface area contributed by atoms with Crippen molar-refractivity contribution in [3.8, 4) is 5.75 Å². The topological polar surface area (TPSA) is 75.6 Å². The molecule has 1 rings (SSSR count). The van der Waals surface area contributed by atoms with Crippen molar-refractivity contribution >= 4 is 11.9 Å². The summed E-state index contributed by atoms with van der Waals surface area (Å²) in [4.78, 5) is 21.7. The molecule has 0 aliphatic heterocycles. The third-order valence-electron chi connectivity index (χ3n) is 1.93. The third-order valence-corrected chi connectivity index (χ3v) is 1.93. The SMILES string of the molecule is C[C@@H](NC(=O)COc1ccc(F)cc1)C(=O)O. The van der Waals surface area contributed by atoms with E-state index in [0.717, 1.165) is 0 Å². The summed E-state index contributed by atoms with van der Waals surface area (Å²) in [5.41, 5.74) is 0. The quantitative estimate of drug-likeness (QED) is 0.799. The molecule has 0 aliphatic carbocycles. The first-order valence-corrected chi connectivity index (χ1v) is 4.89. The molecule has 0 spiro atoms. The lowest BCUT2D eigenvalue weighted by Crippen LogP contribution is -2.40. The molecule has 5 nitrogen and oxygen atoms in total. The Morgan fingerprint density at radius 3 is 2.53 bits per heavy atom. The van der Waals surface area contributed by atoms with Gasteiger partial charge in [0.25, 0.3) is 5.91 Å². The molecular weight excluding hydrogens is 229 g/mol. The van der Waals surface area contributed by atoms with Crippen LogP contribution in [0.15, 0.2) is 24.3 Å². The fraction of sp³-hybridized carbons (Fsp3) is 0.273. The van der Waals surface area contributed by atoms with Crippen LogP contribution in [0.5, 0.6) is 5.75 Å². The Morgan fingerprint density at radius 1 is 1.41 bits per heavy atom. The Morgan fingerprint density at radius 2 is 2.00 bits per heavy atom. The van der Waals surface area contributed by atoms with Crippen LogP contribution >= 0.6 is 0 Å². The second-order valence-corrected chi connectivity index (χ2v) is 3.37. The predicted octanol–water partition coefficient (Wildman–Crippen LogP) is 0.794. The smallest absolute Gasteiger partial charge is 0.325 e. The van der Waals surface area contributed by atoms with Gasteiger partial charge in [0.05, 0.1) is 0 Å². The number of hydrogen-bond donors (Lipinski definition) is 2. The van der Waals surface area contributed by atoms with Crippen LogP contribution in [0, 0.1) is 5.82 Å². The minimum Gasteiger partial charge on any atom is -0.484 e. The number of carboxylic acids is 1. The fourth-order valence-corrected chi connectivity index (χ4v) is 1.02. The minimum atomic E-state index is -1.12. The van der Waals surface area contributed by atoms with Gasteiger partial charge in [-0.05, 0) is 31.2 Å². The van der Waals surface area contributed by atoms with Crippen molar-refractivity contribution in [3.63, 3.8) is 0 Å². The number of aliphatic carboxylic acids is 1. The summed E-state index contributed by atoms with van der Waals surface area (Å²) in [7, 11) is 0. The second-order valence-electron chi connectivity index (χ2n) is 3.37. The van der Waals surface area contributed by atoms with E-state index in [2.05, 4.69) is 5.32 Å². The molecule has 2 N–H and O–H groups in total. The first-order valence-electron chi connectivity index (χ1n) is 4.89. The van der Waals surface area contributed by atoms with Crippen molar-refractivity contribution in [3.05, 3.63) is 30.1 Å². The van der Waals surface area contributed by atoms with Gasteiger partial charge >= 0.3 is 5.97 Å². The van der Waals surface area contributed by atoms with Gasteiger partial charge in [-0.1, -0.05) is 0 Å². The zero-order valence-corrected chi connectivity index (χ0v) is 9.14. The second kappa shape index (κ2) is 5.83. The number of hydrogen-bond acceptors (Lipinski definition) is 3. The number of carbonyl (C=O) groups is 2. The molecule has 0 radical (unpaired) electrons. The van der Waals surface area contributed by atoms with Crippen LogP contribution < -0.4 is 10.1 Å². The van der Waals surface area contributed by atoms with E-state index in [0.29, 0.717) is 5.75 Å². The summed E-state index contributed by atoms with van der Waals surface area (Å²) in [6.45, 7) is 1.03. The summed E-state index contributed by atoms with van der Waals surface area (Å²) >= 11 is 0. The number of rotatable bonds is 5. The first kappa shape index (κ1) is 13.0. The van der Waals surface area contributed by atoms with Gasteiger partial charge in [-0.2, -0.15) is 0 Å². The fourth-order valence-electron chi connectivity index (χ4n) is 1.02. The molecule has 0 saturated heterocycles. The van der Waals surface area contributed by atoms with E-state index in [1.807, 2.05) is 0 Å². The Balaban J connectivity index is 2.38. The number of ether oxygens (including phenoxy) is 1. The molecule has 0 aromatic heterocycles. The van der Waals surface area contributed by atoms with Crippen LogP contribution in [0.25, 0.3) is 0 Å². The lowest BCUT2D eigenvalue weighted by Gasteiger charge is -2.10. The van der Waals surface area contributed by atoms with Crippen LogP contribution in [0.1, 0.15) is 6.92 Å². The normalized spacial score (nSPS) is 11.6. The highest BCUT2D eigenvalue weighted by molar-refractivity contribution is 5.84. The Labute approximate surface area is 97.2 Å². The van der Waals surface area contributed by atoms with Gasteiger partial charge in [0.15, 0.2) is 6.61 Å². The summed E-state index contributed by atoms with van der Waals surface area (Å²) in [6, 6.07) is 4.19. The molecule has 0 bridgehead atoms. The molecule has 0 fully saturated rings. The van der Waals surface area contributed by atoms with Crippen molar-refractivity contribution in [2.75, 3.05) is 6.61 Å². The zero-order valence-electron chi connectivity index (χ0n) is 9.14. The molecule has 6 heteroatoms. The van der Waals surface area contributed by atoms with Gasteiger partial charge in [0.2, 0.25) is 0 Å². The molecule has 1 aromatic rings. The molecule has 0 aliphatic rings. The van der Waals surface area contributed by atoms with E-state index >= 15 is 0 Å². The van der Waals surface area contributed by atoms with E-state index in [4.69, 9.17) is 9.84 Å². The van der Waals surface area contributed by atoms with Crippen LogP contribution in [0.4, 0.5) is 4.39 Å². The van der Waals surface area contributed by atoms with Gasteiger partial charge in [-0.3, -0.25) is 9.59 Å². The standard InChI is InChI=1S/C11H12FNO4/c1-7(11(15)16)13-10(14)6-17-9-4-2-8(12)3-5-9/h2-5,7H,6H2,1H3,(H,13,14)(H,15,16)/t7-/m1/s1. The summed E-state index contributed by atoms with van der Waals surface area (Å²) in [6.07, 6.45) is 0. The summed E-state index contributed by atoms with van der Waals surface area (Å²) in [5.74, 6) is -1.74. The summed E-state index contributed by atoms with van der Waals surface area (Å²) in [5, 5.41) is 10.8. The van der Waals surface area contributed by atoms with Gasteiger partial charge in [-0.25, -0.2) is 4.39 Å². The third kappa shape index (κ3) is 4.50. The molecule has 0 heterocycles. The minimum absolute atomic E-state index is 0.316. The number of amides is 1. The number of carboxylic acid groups (broad SMARTS) is 1. The van der Waals surface area contributed by atoms with E-state index in [9.17, 15) is 14.0 Å². The van der Waals surface area contributed by atoms with Crippen LogP contribution in [-0.2, 0) is 9.59 Å². The van der Waals surface area contributed by atoms with Gasteiger partial charge in [-0.15, -0.1) is 0 Å². The van der Waals surface area contributed by atoms with Crippen molar-refractivity contribution < 1.29 is 23.8 Å². The molecule has 0 saturated carbocycles. The monoisotopic (exact) mass is 241 g/mol. The number of nitrogens with one attached hydrogen (secondary N) is 1. The van der Waals surface area contributed by atoms with E-state index in [1.165, 1.54) is 31.2 Å². The van der Waals surface area contributed by atoms with Gasteiger partial charge in [0, 0.05) is 0 Å². The van der Waals surface area contributed by atoms with Crippen molar-refractivity contribution in [1.82, 2.24) is 5.32 Å². The number of benzene rings is 1. The van der Waals surface area contributed by atoms with E-state index in [-0.39, 0.29) is 6.61 Å². The van der Waals surface area contributed by atoms with Gasteiger partial charge in [0.1, 0.15) is 17.6 Å². The van der Waals surface area contributed by atoms with Crippen molar-refractivity contribution in [2.24, 2.45) is 0 Å². The highest BCUT2D eigenvalue weighted by Gasteiger charge is 2.13. The number of carbonyl (C=O) groups excluding carboxylic acids is 1. The van der Waals surface area contributed by atoms with Gasteiger partial charge < -0.3 is 15.2 Å². The van der Waals surface area contributed by atoms with Crippen LogP contribution in [0.2, 0.25) is 0 Å². The highest BCUT2D eigenvalue weighted by Crippen LogP contribution is 2.10. The van der Waals surface area contributed by atoms with E-state index < -0.39 is 23.7 Å². The predicted molar refractivity (Wildman–Crippen MR) is 57.1 cm³/mol. The van der Waals surface area contributed by atoms with Crippen molar-refractivity contribution in [2.45, 2.75) is 13.0 Å². The Kier molecular flexibility index (Phi) is 4.45. The lowest BCUT2D eigenvalue weighted by atomic mass is 10.3. The van der Waals surface area contributed by atoms with Crippen molar-refractivity contribution in [1.29, 1.82) is 0 Å². The first-order chi connectivity index (χ1) is 7.99. The maximum atomic E-state index is 12.5. The zero-order chi connectivity index (χ0) is 12.8. The molecule has 1 atom stereocenters. The summed E-state index contributed by atoms with van der Waals surface area (Å²) < 4.78 is 17.6. The molecule has 0 unspecified atom stereocenters. The Hall–Kier alpha value is -2.11. The maximum Gasteiger partial charge on any atom is 0.325 e. The van der Waals surface area contributed by atoms with E-state index in [1.54, 1.807) is 0 Å². The average Bonchev–Trinajstić information content (AvgIpc) is 2.28. The number of halogens is 1. The molecule has 92 valence electrons. The molecule has 1 amide bonds. The lowest BCUT2D eigenvalue weighted by molar-refractivity contribution is -0.141.